The number of hydrogen-bond donors (Lipinski definition) is 1. The van der Waals surface area contributed by atoms with Crippen LogP contribution in [0.3, 0.4) is 0 Å². The van der Waals surface area contributed by atoms with Gasteiger partial charge in [0.25, 0.3) is 0 Å². The van der Waals surface area contributed by atoms with Crippen LogP contribution >= 0.6 is 0 Å². The second kappa shape index (κ2) is 3.95. The Kier molecular flexibility index (Phi) is 2.43. The topological polar surface area (TPSA) is 25.2 Å². The number of benzene rings is 1. The Morgan fingerprint density at radius 1 is 1.29 bits per heavy atom. The molecule has 1 aliphatic heterocycles. The third-order valence-corrected chi connectivity index (χ3v) is 3.45. The van der Waals surface area contributed by atoms with Crippen LogP contribution in [0.5, 0.6) is 0 Å². The molecule has 0 fully saturated rings. The fourth-order valence-corrected chi connectivity index (χ4v) is 2.53. The highest BCUT2D eigenvalue weighted by Crippen LogP contribution is 2.33. The van der Waals surface area contributed by atoms with E-state index in [9.17, 15) is 0 Å². The van der Waals surface area contributed by atoms with Gasteiger partial charge in [-0.1, -0.05) is 25.1 Å². The van der Waals surface area contributed by atoms with Gasteiger partial charge in [0, 0.05) is 29.3 Å². The van der Waals surface area contributed by atoms with E-state index in [0.717, 1.165) is 24.3 Å². The molecule has 1 aliphatic rings. The van der Waals surface area contributed by atoms with Gasteiger partial charge in [-0.15, -0.1) is 0 Å². The first-order chi connectivity index (χ1) is 8.25. The standard InChI is InChI=1S/C15H17NO/c1-10-7-12(9-16-8-10)15-11(2)13-5-3-4-6-14(13)17-15/h3-6,9-10,16H,7-8H2,1-2H3. The number of fused-ring (bicyclic) bond motifs is 1. The number of furan rings is 1. The van der Waals surface area contributed by atoms with E-state index in [0.29, 0.717) is 5.92 Å². The summed E-state index contributed by atoms with van der Waals surface area (Å²) in [6.07, 6.45) is 3.19. The molecule has 1 N–H and O–H groups in total. The van der Waals surface area contributed by atoms with E-state index in [1.807, 2.05) is 12.1 Å². The first-order valence-electron chi connectivity index (χ1n) is 6.16. The Hall–Kier alpha value is -1.70. The molecular formula is C15H17NO. The van der Waals surface area contributed by atoms with Crippen molar-refractivity contribution >= 4 is 16.5 Å². The van der Waals surface area contributed by atoms with Gasteiger partial charge in [0.1, 0.15) is 11.3 Å². The smallest absolute Gasteiger partial charge is 0.135 e. The lowest BCUT2D eigenvalue weighted by atomic mass is 9.95. The van der Waals surface area contributed by atoms with Crippen LogP contribution in [0.15, 0.2) is 34.9 Å². The number of hydrogen-bond acceptors (Lipinski definition) is 2. The van der Waals surface area contributed by atoms with E-state index in [1.165, 1.54) is 16.5 Å². The van der Waals surface area contributed by atoms with Gasteiger partial charge < -0.3 is 9.73 Å². The zero-order valence-corrected chi connectivity index (χ0v) is 10.3. The van der Waals surface area contributed by atoms with Gasteiger partial charge in [0.05, 0.1) is 0 Å². The zero-order chi connectivity index (χ0) is 11.8. The van der Waals surface area contributed by atoms with Crippen molar-refractivity contribution in [3.63, 3.8) is 0 Å². The third kappa shape index (κ3) is 1.74. The summed E-state index contributed by atoms with van der Waals surface area (Å²) in [6.45, 7) is 5.46. The number of aryl methyl sites for hydroxylation is 1. The van der Waals surface area contributed by atoms with Gasteiger partial charge in [-0.05, 0) is 25.3 Å². The lowest BCUT2D eigenvalue weighted by Gasteiger charge is -2.19. The van der Waals surface area contributed by atoms with E-state index in [-0.39, 0.29) is 0 Å². The number of para-hydroxylation sites is 1. The molecule has 2 nitrogen and oxygen atoms in total. The monoisotopic (exact) mass is 227 g/mol. The van der Waals surface area contributed by atoms with Crippen molar-refractivity contribution in [3.05, 3.63) is 41.8 Å². The third-order valence-electron chi connectivity index (χ3n) is 3.45. The summed E-state index contributed by atoms with van der Waals surface area (Å²) in [5.74, 6) is 1.72. The lowest BCUT2D eigenvalue weighted by molar-refractivity contribution is 0.529. The molecule has 0 bridgehead atoms. The van der Waals surface area contributed by atoms with Crippen molar-refractivity contribution in [1.29, 1.82) is 0 Å². The minimum Gasteiger partial charge on any atom is -0.456 e. The van der Waals surface area contributed by atoms with Gasteiger partial charge in [-0.3, -0.25) is 0 Å². The Bertz CT molecular complexity index is 580. The van der Waals surface area contributed by atoms with Crippen molar-refractivity contribution in [2.24, 2.45) is 5.92 Å². The SMILES string of the molecule is Cc1c(C2=CNCC(C)C2)oc2ccccc12. The summed E-state index contributed by atoms with van der Waals surface area (Å²) in [4.78, 5) is 0. The highest BCUT2D eigenvalue weighted by atomic mass is 16.3. The summed E-state index contributed by atoms with van der Waals surface area (Å²) in [5.41, 5.74) is 3.53. The zero-order valence-electron chi connectivity index (χ0n) is 10.3. The Labute approximate surface area is 101 Å². The molecule has 2 heteroatoms. The highest BCUT2D eigenvalue weighted by molar-refractivity contribution is 5.86. The maximum absolute atomic E-state index is 5.98. The van der Waals surface area contributed by atoms with Crippen LogP contribution < -0.4 is 5.32 Å². The molecule has 0 amide bonds. The summed E-state index contributed by atoms with van der Waals surface area (Å²) >= 11 is 0. The molecule has 1 aromatic heterocycles. The van der Waals surface area contributed by atoms with Crippen molar-refractivity contribution in [3.8, 4) is 0 Å². The maximum atomic E-state index is 5.98. The van der Waals surface area contributed by atoms with E-state index in [4.69, 9.17) is 4.42 Å². The van der Waals surface area contributed by atoms with Crippen LogP contribution in [0.4, 0.5) is 0 Å². The fourth-order valence-electron chi connectivity index (χ4n) is 2.53. The first kappa shape index (κ1) is 10.5. The van der Waals surface area contributed by atoms with Crippen LogP contribution in [0, 0.1) is 12.8 Å². The molecule has 2 heterocycles. The van der Waals surface area contributed by atoms with Crippen molar-refractivity contribution in [2.45, 2.75) is 20.3 Å². The van der Waals surface area contributed by atoms with E-state index >= 15 is 0 Å². The first-order valence-corrected chi connectivity index (χ1v) is 6.16. The Morgan fingerprint density at radius 3 is 2.88 bits per heavy atom. The van der Waals surface area contributed by atoms with Crippen molar-refractivity contribution in [1.82, 2.24) is 5.32 Å². The minimum atomic E-state index is 0.669. The number of rotatable bonds is 1. The van der Waals surface area contributed by atoms with Crippen LogP contribution in [-0.2, 0) is 0 Å². The van der Waals surface area contributed by atoms with Crippen LogP contribution in [0.1, 0.15) is 24.7 Å². The molecule has 17 heavy (non-hydrogen) atoms. The van der Waals surface area contributed by atoms with Crippen molar-refractivity contribution in [2.75, 3.05) is 6.54 Å². The predicted molar refractivity (Wildman–Crippen MR) is 70.7 cm³/mol. The molecule has 0 saturated carbocycles. The molecule has 1 unspecified atom stereocenters. The van der Waals surface area contributed by atoms with E-state index in [2.05, 4.69) is 37.5 Å². The lowest BCUT2D eigenvalue weighted by Crippen LogP contribution is -2.21. The summed E-state index contributed by atoms with van der Waals surface area (Å²) in [6, 6.07) is 8.24. The average molecular weight is 227 g/mol. The number of allylic oxidation sites excluding steroid dienone is 1. The molecule has 3 rings (SSSR count). The minimum absolute atomic E-state index is 0.669. The molecular weight excluding hydrogens is 210 g/mol. The summed E-state index contributed by atoms with van der Waals surface area (Å²) in [5, 5.41) is 4.56. The molecule has 0 spiro atoms. The largest absolute Gasteiger partial charge is 0.456 e. The molecule has 0 saturated heterocycles. The van der Waals surface area contributed by atoms with Crippen molar-refractivity contribution < 1.29 is 4.42 Å². The maximum Gasteiger partial charge on any atom is 0.135 e. The fraction of sp³-hybridized carbons (Fsp3) is 0.333. The van der Waals surface area contributed by atoms with Crippen LogP contribution in [0.2, 0.25) is 0 Å². The molecule has 88 valence electrons. The van der Waals surface area contributed by atoms with Gasteiger partial charge in [-0.25, -0.2) is 0 Å². The van der Waals surface area contributed by atoms with Gasteiger partial charge in [0.15, 0.2) is 0 Å². The normalized spacial score (nSPS) is 20.1. The average Bonchev–Trinajstić information content (AvgIpc) is 2.68. The van der Waals surface area contributed by atoms with Gasteiger partial charge in [0.2, 0.25) is 0 Å². The quantitative estimate of drug-likeness (QED) is 0.803. The highest BCUT2D eigenvalue weighted by Gasteiger charge is 2.18. The molecule has 0 aliphatic carbocycles. The van der Waals surface area contributed by atoms with Gasteiger partial charge in [-0.2, -0.15) is 0 Å². The number of nitrogens with one attached hydrogen (secondary N) is 1. The van der Waals surface area contributed by atoms with E-state index in [1.54, 1.807) is 0 Å². The second-order valence-corrected chi connectivity index (χ2v) is 4.94. The Balaban J connectivity index is 2.11. The molecule has 2 aromatic rings. The Morgan fingerprint density at radius 2 is 2.12 bits per heavy atom. The molecule has 0 radical (unpaired) electrons. The van der Waals surface area contributed by atoms with Crippen LogP contribution in [-0.4, -0.2) is 6.54 Å². The molecule has 1 aromatic carbocycles. The predicted octanol–water partition coefficient (Wildman–Crippen LogP) is 3.71. The summed E-state index contributed by atoms with van der Waals surface area (Å²) < 4.78 is 5.98. The second-order valence-electron chi connectivity index (χ2n) is 4.94. The molecule has 1 atom stereocenters. The summed E-state index contributed by atoms with van der Waals surface area (Å²) in [7, 11) is 0. The van der Waals surface area contributed by atoms with Crippen LogP contribution in [0.25, 0.3) is 16.5 Å². The van der Waals surface area contributed by atoms with Gasteiger partial charge >= 0.3 is 0 Å². The van der Waals surface area contributed by atoms with E-state index < -0.39 is 0 Å².